The molecule has 6 heteroatoms. The fourth-order valence-electron chi connectivity index (χ4n) is 1.68. The molecule has 0 spiro atoms. The summed E-state index contributed by atoms with van der Waals surface area (Å²) in [5.74, 6) is 0. The Morgan fingerprint density at radius 1 is 1.19 bits per heavy atom. The van der Waals surface area contributed by atoms with Crippen molar-refractivity contribution < 1.29 is 0 Å². The standard InChI is InChI=1S/C10H11ClI2N2Si/c1-16(2,3)15-9-5-7(13)6(12)4-8(9)14-10(15)11/h4-5H,1-3H3. The summed E-state index contributed by atoms with van der Waals surface area (Å²) in [4.78, 5) is 4.44. The molecular formula is C10H11ClI2N2Si. The normalized spacial score (nSPS) is 12.4. The lowest BCUT2D eigenvalue weighted by molar-refractivity contribution is 1.16. The van der Waals surface area contributed by atoms with Gasteiger partial charge in [-0.3, -0.25) is 0 Å². The van der Waals surface area contributed by atoms with Crippen molar-refractivity contribution in [2.45, 2.75) is 19.6 Å². The van der Waals surface area contributed by atoms with Crippen LogP contribution in [0.3, 0.4) is 0 Å². The molecule has 1 aromatic carbocycles. The first-order valence-electron chi connectivity index (χ1n) is 4.84. The third kappa shape index (κ3) is 2.28. The molecule has 1 aromatic heterocycles. The van der Waals surface area contributed by atoms with Gasteiger partial charge in [-0.2, -0.15) is 0 Å². The summed E-state index contributed by atoms with van der Waals surface area (Å²) in [6, 6.07) is 4.27. The molecule has 16 heavy (non-hydrogen) atoms. The van der Waals surface area contributed by atoms with Gasteiger partial charge in [-0.1, -0.05) is 19.6 Å². The monoisotopic (exact) mass is 476 g/mol. The van der Waals surface area contributed by atoms with Gasteiger partial charge in [0.05, 0.1) is 11.0 Å². The number of imidazole rings is 1. The van der Waals surface area contributed by atoms with Crippen molar-refractivity contribution in [3.63, 3.8) is 0 Å². The molecule has 0 aliphatic rings. The Morgan fingerprint density at radius 3 is 2.31 bits per heavy atom. The molecule has 0 amide bonds. The van der Waals surface area contributed by atoms with Gasteiger partial charge >= 0.3 is 0 Å². The van der Waals surface area contributed by atoms with E-state index in [0.29, 0.717) is 5.28 Å². The molecule has 0 fully saturated rings. The lowest BCUT2D eigenvalue weighted by Gasteiger charge is -2.20. The predicted molar refractivity (Wildman–Crippen MR) is 88.9 cm³/mol. The molecule has 2 aromatic rings. The Balaban J connectivity index is 2.84. The molecule has 0 unspecified atom stereocenters. The van der Waals surface area contributed by atoms with Crippen molar-refractivity contribution >= 4 is 76.1 Å². The minimum absolute atomic E-state index is 0.618. The highest BCUT2D eigenvalue weighted by molar-refractivity contribution is 14.1. The van der Waals surface area contributed by atoms with E-state index >= 15 is 0 Å². The van der Waals surface area contributed by atoms with Crippen LogP contribution in [0.2, 0.25) is 24.9 Å². The number of aromatic nitrogens is 2. The average molecular weight is 477 g/mol. The first-order chi connectivity index (χ1) is 7.30. The van der Waals surface area contributed by atoms with Crippen LogP contribution >= 0.6 is 56.8 Å². The van der Waals surface area contributed by atoms with E-state index in [1.165, 1.54) is 7.14 Å². The zero-order chi connectivity index (χ0) is 12.1. The summed E-state index contributed by atoms with van der Waals surface area (Å²) in [5, 5.41) is 0.618. The highest BCUT2D eigenvalue weighted by Crippen LogP contribution is 2.28. The summed E-state index contributed by atoms with van der Waals surface area (Å²) in [6.07, 6.45) is 0. The second-order valence-corrected chi connectivity index (χ2v) is 12.1. The van der Waals surface area contributed by atoms with Gasteiger partial charge in [-0.25, -0.2) is 4.98 Å². The fraction of sp³-hybridized carbons (Fsp3) is 0.300. The zero-order valence-electron chi connectivity index (χ0n) is 9.18. The van der Waals surface area contributed by atoms with Crippen LogP contribution in [0.1, 0.15) is 0 Å². The first kappa shape index (κ1) is 13.1. The molecule has 86 valence electrons. The Bertz CT molecular complexity index is 560. The van der Waals surface area contributed by atoms with E-state index in [-0.39, 0.29) is 0 Å². The highest BCUT2D eigenvalue weighted by Gasteiger charge is 2.23. The van der Waals surface area contributed by atoms with Crippen molar-refractivity contribution in [2.24, 2.45) is 0 Å². The molecular weight excluding hydrogens is 465 g/mol. The van der Waals surface area contributed by atoms with Crippen molar-refractivity contribution in [1.82, 2.24) is 9.22 Å². The molecule has 0 saturated carbocycles. The summed E-state index contributed by atoms with van der Waals surface area (Å²) < 4.78 is 4.69. The van der Waals surface area contributed by atoms with Crippen LogP contribution in [0.15, 0.2) is 12.1 Å². The minimum Gasteiger partial charge on any atom is -0.343 e. The Hall–Kier alpha value is 0.657. The molecule has 0 atom stereocenters. The molecule has 2 nitrogen and oxygen atoms in total. The maximum Gasteiger partial charge on any atom is 0.195 e. The number of benzene rings is 1. The number of nitrogens with zero attached hydrogens (tertiary/aromatic N) is 2. The highest BCUT2D eigenvalue weighted by atomic mass is 127. The predicted octanol–water partition coefficient (Wildman–Crippen LogP) is 4.58. The molecule has 0 aliphatic heterocycles. The molecule has 0 aliphatic carbocycles. The fourth-order valence-corrected chi connectivity index (χ4v) is 5.03. The maximum atomic E-state index is 6.24. The van der Waals surface area contributed by atoms with E-state index in [1.807, 2.05) is 0 Å². The van der Waals surface area contributed by atoms with Crippen LogP contribution in [0.25, 0.3) is 11.0 Å². The van der Waals surface area contributed by atoms with Crippen LogP contribution in [-0.4, -0.2) is 17.5 Å². The molecule has 0 radical (unpaired) electrons. The molecule has 0 saturated heterocycles. The summed E-state index contributed by atoms with van der Waals surface area (Å²) in [5.41, 5.74) is 2.16. The van der Waals surface area contributed by atoms with E-state index < -0.39 is 8.24 Å². The van der Waals surface area contributed by atoms with Gasteiger partial charge in [0.2, 0.25) is 0 Å². The summed E-state index contributed by atoms with van der Waals surface area (Å²) in [6.45, 7) is 6.81. The van der Waals surface area contributed by atoms with E-state index in [1.54, 1.807) is 0 Å². The van der Waals surface area contributed by atoms with E-state index in [4.69, 9.17) is 11.6 Å². The van der Waals surface area contributed by atoms with Gasteiger partial charge in [0.25, 0.3) is 0 Å². The Morgan fingerprint density at radius 2 is 1.75 bits per heavy atom. The summed E-state index contributed by atoms with van der Waals surface area (Å²) >= 11 is 10.9. The van der Waals surface area contributed by atoms with Crippen LogP contribution < -0.4 is 0 Å². The molecule has 0 bridgehead atoms. The van der Waals surface area contributed by atoms with Crippen LogP contribution in [0.4, 0.5) is 0 Å². The van der Waals surface area contributed by atoms with Crippen molar-refractivity contribution in [2.75, 3.05) is 0 Å². The third-order valence-corrected chi connectivity index (χ3v) is 7.33. The van der Waals surface area contributed by atoms with Gasteiger partial charge in [0.1, 0.15) is 0 Å². The number of hydrogen-bond acceptors (Lipinski definition) is 1. The smallest absolute Gasteiger partial charge is 0.195 e. The zero-order valence-corrected chi connectivity index (χ0v) is 15.3. The van der Waals surface area contributed by atoms with Crippen molar-refractivity contribution in [3.8, 4) is 0 Å². The van der Waals surface area contributed by atoms with Gasteiger partial charge in [-0.05, 0) is 68.9 Å². The second-order valence-electron chi connectivity index (χ2n) is 4.64. The minimum atomic E-state index is -1.51. The maximum absolute atomic E-state index is 6.24. The number of fused-ring (bicyclic) bond motifs is 1. The van der Waals surface area contributed by atoms with E-state index in [0.717, 1.165) is 11.0 Å². The van der Waals surface area contributed by atoms with Crippen LogP contribution in [0.5, 0.6) is 0 Å². The topological polar surface area (TPSA) is 17.8 Å². The SMILES string of the molecule is C[Si](C)(C)n1c(Cl)nc2cc(I)c(I)cc21. The van der Waals surface area contributed by atoms with Crippen LogP contribution in [-0.2, 0) is 0 Å². The Kier molecular flexibility index (Phi) is 3.60. The summed E-state index contributed by atoms with van der Waals surface area (Å²) in [7, 11) is -1.51. The third-order valence-electron chi connectivity index (χ3n) is 2.33. The Labute approximate surface area is 128 Å². The second kappa shape index (κ2) is 4.40. The van der Waals surface area contributed by atoms with Gasteiger partial charge in [0.15, 0.2) is 13.5 Å². The number of rotatable bonds is 1. The van der Waals surface area contributed by atoms with E-state index in [2.05, 4.69) is 86.2 Å². The van der Waals surface area contributed by atoms with E-state index in [9.17, 15) is 0 Å². The van der Waals surface area contributed by atoms with Gasteiger partial charge in [-0.15, -0.1) is 0 Å². The molecule has 2 rings (SSSR count). The molecule has 1 heterocycles. The lowest BCUT2D eigenvalue weighted by Crippen LogP contribution is -2.31. The largest absolute Gasteiger partial charge is 0.343 e. The molecule has 0 N–H and O–H groups in total. The number of hydrogen-bond donors (Lipinski definition) is 0. The van der Waals surface area contributed by atoms with Crippen molar-refractivity contribution in [1.29, 1.82) is 0 Å². The van der Waals surface area contributed by atoms with Crippen LogP contribution in [0, 0.1) is 7.14 Å². The number of halogens is 3. The first-order valence-corrected chi connectivity index (χ1v) is 10.8. The lowest BCUT2D eigenvalue weighted by atomic mass is 10.3. The van der Waals surface area contributed by atoms with Gasteiger partial charge < -0.3 is 4.23 Å². The average Bonchev–Trinajstić information content (AvgIpc) is 2.40. The van der Waals surface area contributed by atoms with Gasteiger partial charge in [0, 0.05) is 7.14 Å². The quantitative estimate of drug-likeness (QED) is 0.435. The van der Waals surface area contributed by atoms with Crippen molar-refractivity contribution in [3.05, 3.63) is 24.6 Å².